The summed E-state index contributed by atoms with van der Waals surface area (Å²) in [6.07, 6.45) is 0.376. The second-order valence-corrected chi connectivity index (χ2v) is 4.82. The van der Waals surface area contributed by atoms with Gasteiger partial charge in [0.2, 0.25) is 0 Å². The predicted molar refractivity (Wildman–Crippen MR) is 69.5 cm³/mol. The Morgan fingerprint density at radius 2 is 2.22 bits per heavy atom. The van der Waals surface area contributed by atoms with Crippen LogP contribution < -0.4 is 10.6 Å². The van der Waals surface area contributed by atoms with Crippen LogP contribution in [0.25, 0.3) is 0 Å². The first kappa shape index (κ1) is 12.6. The summed E-state index contributed by atoms with van der Waals surface area (Å²) < 4.78 is 0. The molecular weight excluding hydrogens is 234 g/mol. The van der Waals surface area contributed by atoms with Crippen LogP contribution in [0, 0.1) is 16.0 Å². The van der Waals surface area contributed by atoms with Crippen LogP contribution >= 0.6 is 0 Å². The van der Waals surface area contributed by atoms with Crippen molar-refractivity contribution in [3.63, 3.8) is 0 Å². The summed E-state index contributed by atoms with van der Waals surface area (Å²) in [5, 5.41) is 20.5. The lowest BCUT2D eigenvalue weighted by molar-refractivity contribution is -0.384. The summed E-state index contributed by atoms with van der Waals surface area (Å²) in [4.78, 5) is 12.4. The van der Waals surface area contributed by atoms with Gasteiger partial charge in [0.25, 0.3) is 5.69 Å². The minimum Gasteiger partial charge on any atom is -0.398 e. The van der Waals surface area contributed by atoms with E-state index in [1.54, 1.807) is 6.07 Å². The molecule has 0 aromatic heterocycles. The van der Waals surface area contributed by atoms with E-state index in [0.717, 1.165) is 5.69 Å². The first-order valence-corrected chi connectivity index (χ1v) is 5.95. The zero-order valence-corrected chi connectivity index (χ0v) is 10.2. The van der Waals surface area contributed by atoms with E-state index >= 15 is 0 Å². The van der Waals surface area contributed by atoms with Crippen LogP contribution in [0.4, 0.5) is 17.1 Å². The van der Waals surface area contributed by atoms with Crippen LogP contribution in [0.2, 0.25) is 0 Å². The standard InChI is InChI=1S/C12H17N3O3/c1-8-7-14(3-2-12(8)16)10-4-9(13)5-11(6-10)15(17)18/h4-6,8,12,16H,2-3,7,13H2,1H3. The molecule has 0 spiro atoms. The van der Waals surface area contributed by atoms with Crippen LogP contribution in [0.15, 0.2) is 18.2 Å². The second-order valence-electron chi connectivity index (χ2n) is 4.82. The van der Waals surface area contributed by atoms with E-state index in [1.807, 2.05) is 11.8 Å². The fourth-order valence-electron chi connectivity index (χ4n) is 2.27. The van der Waals surface area contributed by atoms with Crippen molar-refractivity contribution in [2.45, 2.75) is 19.4 Å². The van der Waals surface area contributed by atoms with E-state index in [-0.39, 0.29) is 17.7 Å². The summed E-state index contributed by atoms with van der Waals surface area (Å²) >= 11 is 0. The highest BCUT2D eigenvalue weighted by Crippen LogP contribution is 2.28. The van der Waals surface area contributed by atoms with Crippen LogP contribution in [0.1, 0.15) is 13.3 Å². The van der Waals surface area contributed by atoms with Gasteiger partial charge in [-0.05, 0) is 18.4 Å². The Bertz CT molecular complexity index is 464. The molecule has 0 bridgehead atoms. The zero-order chi connectivity index (χ0) is 13.3. The van der Waals surface area contributed by atoms with E-state index in [0.29, 0.717) is 25.2 Å². The lowest BCUT2D eigenvalue weighted by Crippen LogP contribution is -2.41. The van der Waals surface area contributed by atoms with Crippen LogP contribution in [-0.4, -0.2) is 29.2 Å². The number of piperidine rings is 1. The minimum absolute atomic E-state index is 0.00350. The molecule has 1 saturated heterocycles. The molecule has 0 radical (unpaired) electrons. The van der Waals surface area contributed by atoms with Crippen molar-refractivity contribution in [1.82, 2.24) is 0 Å². The van der Waals surface area contributed by atoms with Crippen molar-refractivity contribution < 1.29 is 10.0 Å². The molecule has 6 nitrogen and oxygen atoms in total. The molecule has 1 aromatic rings. The number of benzene rings is 1. The molecule has 1 aromatic carbocycles. The van der Waals surface area contributed by atoms with Crippen LogP contribution in [0.3, 0.4) is 0 Å². The normalized spacial score (nSPS) is 24.0. The highest BCUT2D eigenvalue weighted by atomic mass is 16.6. The maximum Gasteiger partial charge on any atom is 0.273 e. The van der Waals surface area contributed by atoms with E-state index in [2.05, 4.69) is 0 Å². The zero-order valence-electron chi connectivity index (χ0n) is 10.2. The minimum atomic E-state index is -0.442. The van der Waals surface area contributed by atoms with E-state index in [4.69, 9.17) is 5.73 Å². The van der Waals surface area contributed by atoms with E-state index in [9.17, 15) is 15.2 Å². The van der Waals surface area contributed by atoms with Gasteiger partial charge in [0.1, 0.15) is 0 Å². The number of nitro benzene ring substituents is 1. The number of hydrogen-bond donors (Lipinski definition) is 2. The molecule has 1 heterocycles. The van der Waals surface area contributed by atoms with Gasteiger partial charge in [0.05, 0.1) is 11.0 Å². The third kappa shape index (κ3) is 2.53. The summed E-state index contributed by atoms with van der Waals surface area (Å²) in [5.74, 6) is 0.152. The molecule has 2 rings (SSSR count). The lowest BCUT2D eigenvalue weighted by atomic mass is 9.96. The number of nitro groups is 1. The number of aliphatic hydroxyl groups excluding tert-OH is 1. The van der Waals surface area contributed by atoms with Crippen molar-refractivity contribution in [1.29, 1.82) is 0 Å². The first-order valence-electron chi connectivity index (χ1n) is 5.95. The molecule has 2 atom stereocenters. The summed E-state index contributed by atoms with van der Waals surface area (Å²) in [6, 6.07) is 4.62. The average molecular weight is 251 g/mol. The number of nitrogens with two attached hydrogens (primary N) is 1. The Morgan fingerprint density at radius 3 is 2.83 bits per heavy atom. The molecule has 98 valence electrons. The molecule has 1 fully saturated rings. The Hall–Kier alpha value is -1.82. The maximum atomic E-state index is 10.8. The summed E-state index contributed by atoms with van der Waals surface area (Å²) in [7, 11) is 0. The Kier molecular flexibility index (Phi) is 3.38. The molecule has 0 aliphatic carbocycles. The Balaban J connectivity index is 2.25. The van der Waals surface area contributed by atoms with Gasteiger partial charge in [-0.25, -0.2) is 0 Å². The molecular formula is C12H17N3O3. The average Bonchev–Trinajstić information content (AvgIpc) is 2.31. The second kappa shape index (κ2) is 4.81. The SMILES string of the molecule is CC1CN(c2cc(N)cc([N+](=O)[O-])c2)CCC1O. The first-order chi connectivity index (χ1) is 8.47. The van der Waals surface area contributed by atoms with Gasteiger partial charge in [0, 0.05) is 36.6 Å². The van der Waals surface area contributed by atoms with Crippen molar-refractivity contribution in [2.75, 3.05) is 23.7 Å². The van der Waals surface area contributed by atoms with Crippen molar-refractivity contribution in [2.24, 2.45) is 5.92 Å². The molecule has 1 aliphatic rings. The summed E-state index contributed by atoms with van der Waals surface area (Å²) in [6.45, 7) is 3.34. The molecule has 6 heteroatoms. The smallest absolute Gasteiger partial charge is 0.273 e. The molecule has 0 saturated carbocycles. The molecule has 1 aliphatic heterocycles. The number of nitrogens with zero attached hydrogens (tertiary/aromatic N) is 2. The lowest BCUT2D eigenvalue weighted by Gasteiger charge is -2.35. The van der Waals surface area contributed by atoms with Crippen molar-refractivity contribution in [3.8, 4) is 0 Å². The maximum absolute atomic E-state index is 10.8. The van der Waals surface area contributed by atoms with Gasteiger partial charge in [-0.2, -0.15) is 0 Å². The van der Waals surface area contributed by atoms with Gasteiger partial charge in [-0.1, -0.05) is 6.92 Å². The summed E-state index contributed by atoms with van der Waals surface area (Å²) in [5.41, 5.74) is 6.83. The highest BCUT2D eigenvalue weighted by molar-refractivity contribution is 5.63. The van der Waals surface area contributed by atoms with E-state index < -0.39 is 4.92 Å². The van der Waals surface area contributed by atoms with Gasteiger partial charge in [-0.3, -0.25) is 10.1 Å². The molecule has 18 heavy (non-hydrogen) atoms. The van der Waals surface area contributed by atoms with Gasteiger partial charge in [-0.15, -0.1) is 0 Å². The number of non-ortho nitro benzene ring substituents is 1. The fraction of sp³-hybridized carbons (Fsp3) is 0.500. The quantitative estimate of drug-likeness (QED) is 0.470. The van der Waals surface area contributed by atoms with Gasteiger partial charge < -0.3 is 15.7 Å². The number of nitrogen functional groups attached to an aromatic ring is 1. The van der Waals surface area contributed by atoms with Crippen LogP contribution in [-0.2, 0) is 0 Å². The third-order valence-electron chi connectivity index (χ3n) is 3.36. The largest absolute Gasteiger partial charge is 0.398 e. The topological polar surface area (TPSA) is 92.6 Å². The van der Waals surface area contributed by atoms with E-state index in [1.165, 1.54) is 12.1 Å². The molecule has 3 N–H and O–H groups in total. The highest BCUT2D eigenvalue weighted by Gasteiger charge is 2.25. The van der Waals surface area contributed by atoms with Crippen molar-refractivity contribution >= 4 is 17.1 Å². The predicted octanol–water partition coefficient (Wildman–Crippen LogP) is 1.38. The van der Waals surface area contributed by atoms with Gasteiger partial charge in [0.15, 0.2) is 0 Å². The Morgan fingerprint density at radius 1 is 1.50 bits per heavy atom. The Labute approximate surface area is 105 Å². The number of rotatable bonds is 2. The number of hydrogen-bond acceptors (Lipinski definition) is 5. The van der Waals surface area contributed by atoms with Crippen LogP contribution in [0.5, 0.6) is 0 Å². The third-order valence-corrected chi connectivity index (χ3v) is 3.36. The van der Waals surface area contributed by atoms with Gasteiger partial charge >= 0.3 is 0 Å². The fourth-order valence-corrected chi connectivity index (χ4v) is 2.27. The number of anilines is 2. The monoisotopic (exact) mass is 251 g/mol. The number of aliphatic hydroxyl groups is 1. The molecule has 2 unspecified atom stereocenters. The molecule has 0 amide bonds. The van der Waals surface area contributed by atoms with Crippen molar-refractivity contribution in [3.05, 3.63) is 28.3 Å².